The Kier molecular flexibility index (Phi) is 7.77. The number of fused-ring (bicyclic) bond motifs is 2. The maximum atomic E-state index is 14.4. The molecule has 0 bridgehead atoms. The number of aromatic amines is 1. The number of allylic oxidation sites excluding steroid dienone is 7. The molecule has 0 atom stereocenters. The highest BCUT2D eigenvalue weighted by Gasteiger charge is 2.40. The van der Waals surface area contributed by atoms with E-state index in [1.54, 1.807) is 0 Å². The quantitative estimate of drug-likeness (QED) is 0.174. The van der Waals surface area contributed by atoms with Crippen LogP contribution in [0.2, 0.25) is 0 Å². The highest BCUT2D eigenvalue weighted by molar-refractivity contribution is 6.69. The number of carbonyl (C=O) groups is 2. The molecule has 4 nitrogen and oxygen atoms in total. The lowest BCUT2D eigenvalue weighted by molar-refractivity contribution is -0.113. The number of benzene rings is 2. The fourth-order valence-electron chi connectivity index (χ4n) is 6.33. The van der Waals surface area contributed by atoms with Gasteiger partial charge in [0.05, 0.1) is 16.7 Å². The van der Waals surface area contributed by atoms with Crippen LogP contribution < -0.4 is 0 Å². The molecule has 0 saturated heterocycles. The molecule has 0 saturated carbocycles. The molecule has 0 aliphatic heterocycles. The lowest BCUT2D eigenvalue weighted by Gasteiger charge is -2.24. The van der Waals surface area contributed by atoms with Crippen molar-refractivity contribution in [2.24, 2.45) is 7.05 Å². The van der Waals surface area contributed by atoms with Crippen LogP contribution in [0.25, 0.3) is 33.0 Å². The molecule has 6 heteroatoms. The molecule has 2 aromatic heterocycles. The maximum absolute atomic E-state index is 14.4. The van der Waals surface area contributed by atoms with Crippen LogP contribution in [-0.4, -0.2) is 21.1 Å². The van der Waals surface area contributed by atoms with Crippen molar-refractivity contribution >= 4 is 67.7 Å². The van der Waals surface area contributed by atoms with E-state index in [0.29, 0.717) is 11.1 Å². The number of nitrogens with one attached hydrogen (secondary N) is 1. The van der Waals surface area contributed by atoms with Crippen molar-refractivity contribution in [3.8, 4) is 0 Å². The fourth-order valence-corrected chi connectivity index (χ4v) is 6.88. The van der Waals surface area contributed by atoms with Crippen LogP contribution in [-0.2, 0) is 28.5 Å². The molecule has 43 heavy (non-hydrogen) atoms. The molecule has 1 aliphatic rings. The van der Waals surface area contributed by atoms with Gasteiger partial charge in [0.15, 0.2) is 0 Å². The number of ketones is 2. The lowest BCUT2D eigenvalue weighted by Crippen LogP contribution is -2.22. The summed E-state index contributed by atoms with van der Waals surface area (Å²) in [4.78, 5) is 32.2. The lowest BCUT2D eigenvalue weighted by atomic mass is 9.80. The van der Waals surface area contributed by atoms with E-state index in [0.717, 1.165) is 50.7 Å². The molecule has 1 N–H and O–H groups in total. The van der Waals surface area contributed by atoms with E-state index < -0.39 is 17.0 Å². The normalized spacial score (nSPS) is 14.5. The average molecular weight is 614 g/mol. The van der Waals surface area contributed by atoms with Crippen LogP contribution >= 0.6 is 23.2 Å². The second-order valence-electron chi connectivity index (χ2n) is 12.5. The molecular weight excluding hydrogens is 575 g/mol. The molecular formula is C37H38Cl2N2O2. The zero-order valence-corrected chi connectivity index (χ0v) is 27.9. The molecule has 0 spiro atoms. The number of aryl methyl sites for hydroxylation is 2. The summed E-state index contributed by atoms with van der Waals surface area (Å²) in [5, 5.41) is 1.49. The molecule has 0 amide bonds. The predicted molar refractivity (Wildman–Crippen MR) is 182 cm³/mol. The third-order valence-electron chi connectivity index (χ3n) is 9.29. The molecule has 4 aromatic rings. The summed E-state index contributed by atoms with van der Waals surface area (Å²) in [6, 6.07) is 7.68. The highest BCUT2D eigenvalue weighted by Crippen LogP contribution is 2.47. The number of carbonyl (C=O) groups excluding carboxylic acids is 2. The van der Waals surface area contributed by atoms with E-state index in [-0.39, 0.29) is 21.2 Å². The van der Waals surface area contributed by atoms with E-state index in [1.165, 1.54) is 16.7 Å². The second-order valence-corrected chi connectivity index (χ2v) is 13.2. The van der Waals surface area contributed by atoms with Gasteiger partial charge in [0.2, 0.25) is 11.6 Å². The summed E-state index contributed by atoms with van der Waals surface area (Å²) in [7, 11) is 2.00. The van der Waals surface area contributed by atoms with Crippen molar-refractivity contribution in [2.75, 3.05) is 0 Å². The van der Waals surface area contributed by atoms with Gasteiger partial charge in [0.25, 0.3) is 0 Å². The minimum absolute atomic E-state index is 0.115. The molecule has 5 rings (SSSR count). The van der Waals surface area contributed by atoms with Crippen LogP contribution in [0.4, 0.5) is 0 Å². The average Bonchev–Trinajstić information content (AvgIpc) is 3.47. The number of hydrogen-bond donors (Lipinski definition) is 1. The largest absolute Gasteiger partial charge is 0.357 e. The summed E-state index contributed by atoms with van der Waals surface area (Å²) >= 11 is 14.0. The van der Waals surface area contributed by atoms with Crippen LogP contribution in [0.5, 0.6) is 0 Å². The second kappa shape index (κ2) is 10.8. The van der Waals surface area contributed by atoms with Crippen molar-refractivity contribution in [1.29, 1.82) is 0 Å². The Hall–Kier alpha value is -3.60. The van der Waals surface area contributed by atoms with Crippen molar-refractivity contribution in [1.82, 2.24) is 9.55 Å². The number of aromatic nitrogens is 2. The molecule has 0 fully saturated rings. The zero-order valence-electron chi connectivity index (χ0n) is 26.4. The summed E-state index contributed by atoms with van der Waals surface area (Å²) in [5.41, 5.74) is 10.3. The first-order valence-corrected chi connectivity index (χ1v) is 15.3. The van der Waals surface area contributed by atoms with Gasteiger partial charge in [-0.3, -0.25) is 9.59 Å². The first kappa shape index (κ1) is 30.8. The molecule has 1 aliphatic carbocycles. The molecule has 2 heterocycles. The Bertz CT molecular complexity index is 2000. The SMILES string of the molecule is C=CC(C)(C)c1[nH]c2ccccc2c1C1=C(Cl)C(=O)C(c2c(C)n(C)c3c(CC=C(C)C)c(C)c(C)c(C)c23)=C(Cl)C1=O. The molecule has 0 unspecified atom stereocenters. The van der Waals surface area contributed by atoms with Crippen molar-refractivity contribution < 1.29 is 9.59 Å². The van der Waals surface area contributed by atoms with Crippen molar-refractivity contribution in [3.05, 3.63) is 103 Å². The summed E-state index contributed by atoms with van der Waals surface area (Å²) in [5.74, 6) is -0.914. The molecule has 0 radical (unpaired) electrons. The Morgan fingerprint density at radius 1 is 0.930 bits per heavy atom. The number of para-hydroxylation sites is 1. The summed E-state index contributed by atoms with van der Waals surface area (Å²) < 4.78 is 2.12. The van der Waals surface area contributed by atoms with E-state index in [4.69, 9.17) is 23.2 Å². The number of rotatable bonds is 6. The predicted octanol–water partition coefficient (Wildman–Crippen LogP) is 9.62. The van der Waals surface area contributed by atoms with Gasteiger partial charge < -0.3 is 9.55 Å². The third-order valence-corrected chi connectivity index (χ3v) is 10.0. The summed E-state index contributed by atoms with van der Waals surface area (Å²) in [6.45, 7) is 20.5. The standard InChI is InChI=1S/C37H38Cl2N2O2/c1-11-37(8,9)36-28(24-14-12-13-15-25(24)40-36)30-32(39)34(42)29(31(38)35(30)43)27-22(7)41(10)33-23(17-16-18(2)3)20(5)19(4)21(6)26(27)33/h11-16,40H,1,17H2,2-10H3. The first-order chi connectivity index (χ1) is 20.1. The molecule has 222 valence electrons. The van der Waals surface area contributed by atoms with Gasteiger partial charge in [-0.15, -0.1) is 6.58 Å². The van der Waals surface area contributed by atoms with E-state index in [9.17, 15) is 9.59 Å². The van der Waals surface area contributed by atoms with E-state index in [1.807, 2.05) is 58.2 Å². The Balaban J connectivity index is 1.82. The minimum atomic E-state index is -0.543. The monoisotopic (exact) mass is 612 g/mol. The van der Waals surface area contributed by atoms with Crippen LogP contribution in [0.15, 0.2) is 58.6 Å². The third kappa shape index (κ3) is 4.58. The Morgan fingerprint density at radius 2 is 1.51 bits per heavy atom. The van der Waals surface area contributed by atoms with Crippen molar-refractivity contribution in [3.63, 3.8) is 0 Å². The number of hydrogen-bond acceptors (Lipinski definition) is 2. The number of H-pyrrole nitrogens is 1. The van der Waals surface area contributed by atoms with Crippen LogP contribution in [0.1, 0.15) is 72.5 Å². The highest BCUT2D eigenvalue weighted by atomic mass is 35.5. The van der Waals surface area contributed by atoms with Gasteiger partial charge in [0.1, 0.15) is 10.1 Å². The number of halogens is 2. The smallest absolute Gasteiger partial charge is 0.207 e. The van der Waals surface area contributed by atoms with Gasteiger partial charge in [-0.1, -0.05) is 73.0 Å². The van der Waals surface area contributed by atoms with E-state index >= 15 is 0 Å². The number of Topliss-reactive ketones (excluding diaryl/α,β-unsaturated/α-hetero) is 2. The van der Waals surface area contributed by atoms with Gasteiger partial charge >= 0.3 is 0 Å². The van der Waals surface area contributed by atoms with Gasteiger partial charge in [-0.2, -0.15) is 0 Å². The fraction of sp³-hybridized carbons (Fsp3) is 0.297. The maximum Gasteiger partial charge on any atom is 0.207 e. The summed E-state index contributed by atoms with van der Waals surface area (Å²) in [6.07, 6.45) is 4.79. The Labute approximate surface area is 263 Å². The van der Waals surface area contributed by atoms with Gasteiger partial charge in [-0.25, -0.2) is 0 Å². The first-order valence-electron chi connectivity index (χ1n) is 14.5. The van der Waals surface area contributed by atoms with Crippen molar-refractivity contribution in [2.45, 2.75) is 67.2 Å². The Morgan fingerprint density at radius 3 is 2.09 bits per heavy atom. The molecule has 2 aromatic carbocycles. The van der Waals surface area contributed by atoms with Crippen LogP contribution in [0, 0.1) is 27.7 Å². The van der Waals surface area contributed by atoms with Gasteiger partial charge in [0, 0.05) is 51.3 Å². The zero-order chi connectivity index (χ0) is 31.7. The van der Waals surface area contributed by atoms with E-state index in [2.05, 4.69) is 56.8 Å². The topological polar surface area (TPSA) is 54.9 Å². The number of nitrogens with zero attached hydrogens (tertiary/aromatic N) is 1. The van der Waals surface area contributed by atoms with Crippen LogP contribution in [0.3, 0.4) is 0 Å². The minimum Gasteiger partial charge on any atom is -0.357 e. The van der Waals surface area contributed by atoms with Gasteiger partial charge in [-0.05, 0) is 76.3 Å².